The van der Waals surface area contributed by atoms with Gasteiger partial charge in [0, 0.05) is 43.9 Å². The SMILES string of the molecule is C=CCN(CC(=O)N1CCCN(c2ccc(-c3cccc(OC)c3)nn2)CC1)C(=O)c1cccc(OC)c1. The molecule has 3 aromatic rings. The van der Waals surface area contributed by atoms with Gasteiger partial charge in [-0.05, 0) is 48.9 Å². The van der Waals surface area contributed by atoms with E-state index in [-0.39, 0.29) is 24.9 Å². The largest absolute Gasteiger partial charge is 0.497 e. The molecule has 1 saturated heterocycles. The first-order valence-corrected chi connectivity index (χ1v) is 12.6. The summed E-state index contributed by atoms with van der Waals surface area (Å²) in [4.78, 5) is 31.8. The standard InChI is InChI=1S/C29H33N5O4/c1-4-14-34(29(36)23-9-6-11-25(20-23)38-3)21-28(35)33-16-7-15-32(17-18-33)27-13-12-26(30-31-27)22-8-5-10-24(19-22)37-2/h4-6,8-13,19-20H,1,7,14-18,21H2,2-3H3. The molecule has 0 radical (unpaired) electrons. The molecule has 0 atom stereocenters. The quantitative estimate of drug-likeness (QED) is 0.403. The van der Waals surface area contributed by atoms with Gasteiger partial charge in [-0.1, -0.05) is 24.3 Å². The number of aromatic nitrogens is 2. The highest BCUT2D eigenvalue weighted by Gasteiger charge is 2.24. The summed E-state index contributed by atoms with van der Waals surface area (Å²) in [6.07, 6.45) is 2.42. The number of carbonyl (C=O) groups is 2. The van der Waals surface area contributed by atoms with E-state index in [0.29, 0.717) is 30.9 Å². The number of hydrogen-bond donors (Lipinski definition) is 0. The fourth-order valence-corrected chi connectivity index (χ4v) is 4.40. The minimum absolute atomic E-state index is 0.0168. The van der Waals surface area contributed by atoms with E-state index >= 15 is 0 Å². The van der Waals surface area contributed by atoms with Crippen molar-refractivity contribution in [2.24, 2.45) is 0 Å². The topological polar surface area (TPSA) is 88.1 Å². The molecule has 2 aromatic carbocycles. The first-order chi connectivity index (χ1) is 18.5. The molecule has 2 amide bonds. The molecule has 38 heavy (non-hydrogen) atoms. The number of anilines is 1. The Hall–Kier alpha value is -4.40. The van der Waals surface area contributed by atoms with Crippen LogP contribution in [0.3, 0.4) is 0 Å². The van der Waals surface area contributed by atoms with Crippen molar-refractivity contribution in [3.8, 4) is 22.8 Å². The first kappa shape index (κ1) is 26.7. The summed E-state index contributed by atoms with van der Waals surface area (Å²) in [7, 11) is 3.19. The highest BCUT2D eigenvalue weighted by Crippen LogP contribution is 2.23. The maximum atomic E-state index is 13.2. The van der Waals surface area contributed by atoms with Gasteiger partial charge in [0.05, 0.1) is 19.9 Å². The van der Waals surface area contributed by atoms with Crippen LogP contribution in [-0.4, -0.2) is 85.3 Å². The number of hydrogen-bond acceptors (Lipinski definition) is 7. The number of ether oxygens (including phenoxy) is 2. The molecular weight excluding hydrogens is 482 g/mol. The molecule has 1 fully saturated rings. The van der Waals surface area contributed by atoms with Crippen molar-refractivity contribution in [3.05, 3.63) is 78.9 Å². The molecule has 0 spiro atoms. The maximum Gasteiger partial charge on any atom is 0.254 e. The van der Waals surface area contributed by atoms with Crippen LogP contribution in [-0.2, 0) is 4.79 Å². The van der Waals surface area contributed by atoms with Crippen LogP contribution in [0.25, 0.3) is 11.3 Å². The first-order valence-electron chi connectivity index (χ1n) is 12.6. The van der Waals surface area contributed by atoms with Crippen molar-refractivity contribution in [3.63, 3.8) is 0 Å². The summed E-state index contributed by atoms with van der Waals surface area (Å²) in [6.45, 7) is 6.55. The van der Waals surface area contributed by atoms with E-state index in [0.717, 1.165) is 35.8 Å². The van der Waals surface area contributed by atoms with Crippen LogP contribution in [0, 0.1) is 0 Å². The average molecular weight is 516 g/mol. The van der Waals surface area contributed by atoms with Crippen LogP contribution >= 0.6 is 0 Å². The lowest BCUT2D eigenvalue weighted by molar-refractivity contribution is -0.131. The van der Waals surface area contributed by atoms with Crippen molar-refractivity contribution in [2.75, 3.05) is 58.4 Å². The lowest BCUT2D eigenvalue weighted by Crippen LogP contribution is -2.44. The second-order valence-electron chi connectivity index (χ2n) is 8.94. The summed E-state index contributed by atoms with van der Waals surface area (Å²) in [6, 6.07) is 18.5. The van der Waals surface area contributed by atoms with Gasteiger partial charge in [-0.3, -0.25) is 9.59 Å². The van der Waals surface area contributed by atoms with Gasteiger partial charge in [0.2, 0.25) is 5.91 Å². The summed E-state index contributed by atoms with van der Waals surface area (Å²) in [5, 5.41) is 8.86. The molecule has 1 aliphatic heterocycles. The minimum atomic E-state index is -0.236. The van der Waals surface area contributed by atoms with Crippen LogP contribution in [0.2, 0.25) is 0 Å². The smallest absolute Gasteiger partial charge is 0.254 e. The molecule has 2 heterocycles. The summed E-state index contributed by atoms with van der Waals surface area (Å²) < 4.78 is 10.5. The van der Waals surface area contributed by atoms with Crippen LogP contribution in [0.15, 0.2) is 73.3 Å². The molecule has 0 N–H and O–H groups in total. The van der Waals surface area contributed by atoms with E-state index in [2.05, 4.69) is 21.7 Å². The van der Waals surface area contributed by atoms with Gasteiger partial charge in [0.15, 0.2) is 5.82 Å². The fraction of sp³-hybridized carbons (Fsp3) is 0.310. The number of carbonyl (C=O) groups excluding carboxylic acids is 2. The Balaban J connectivity index is 1.38. The molecule has 9 nitrogen and oxygen atoms in total. The molecule has 0 unspecified atom stereocenters. The lowest BCUT2D eigenvalue weighted by Gasteiger charge is -2.26. The molecule has 0 saturated carbocycles. The Morgan fingerprint density at radius 3 is 2.42 bits per heavy atom. The Kier molecular flexibility index (Phi) is 8.92. The predicted molar refractivity (Wildman–Crippen MR) is 147 cm³/mol. The van der Waals surface area contributed by atoms with Crippen molar-refractivity contribution in [2.45, 2.75) is 6.42 Å². The van der Waals surface area contributed by atoms with Crippen molar-refractivity contribution in [1.29, 1.82) is 0 Å². The van der Waals surface area contributed by atoms with Crippen LogP contribution in [0.4, 0.5) is 5.82 Å². The Morgan fingerprint density at radius 2 is 1.71 bits per heavy atom. The molecule has 4 rings (SSSR count). The zero-order chi connectivity index (χ0) is 26.9. The lowest BCUT2D eigenvalue weighted by atomic mass is 10.1. The van der Waals surface area contributed by atoms with Gasteiger partial charge in [0.25, 0.3) is 5.91 Å². The third-order valence-corrected chi connectivity index (χ3v) is 6.47. The van der Waals surface area contributed by atoms with Crippen LogP contribution in [0.1, 0.15) is 16.8 Å². The minimum Gasteiger partial charge on any atom is -0.497 e. The fourth-order valence-electron chi connectivity index (χ4n) is 4.40. The van der Waals surface area contributed by atoms with Gasteiger partial charge in [-0.15, -0.1) is 16.8 Å². The Labute approximate surface area is 223 Å². The van der Waals surface area contributed by atoms with Gasteiger partial charge < -0.3 is 24.2 Å². The van der Waals surface area contributed by atoms with E-state index in [1.807, 2.05) is 41.3 Å². The highest BCUT2D eigenvalue weighted by molar-refractivity contribution is 5.97. The number of nitrogens with zero attached hydrogens (tertiary/aromatic N) is 5. The van der Waals surface area contributed by atoms with Crippen LogP contribution < -0.4 is 14.4 Å². The van der Waals surface area contributed by atoms with E-state index in [1.165, 1.54) is 4.90 Å². The average Bonchev–Trinajstić information content (AvgIpc) is 3.23. The molecule has 9 heteroatoms. The molecule has 1 aliphatic rings. The predicted octanol–water partition coefficient (Wildman–Crippen LogP) is 3.53. The number of methoxy groups -OCH3 is 2. The third-order valence-electron chi connectivity index (χ3n) is 6.47. The molecular formula is C29H33N5O4. The van der Waals surface area contributed by atoms with E-state index in [4.69, 9.17) is 9.47 Å². The highest BCUT2D eigenvalue weighted by atomic mass is 16.5. The van der Waals surface area contributed by atoms with Crippen LogP contribution in [0.5, 0.6) is 11.5 Å². The summed E-state index contributed by atoms with van der Waals surface area (Å²) in [5.74, 6) is 1.80. The number of benzene rings is 2. The molecule has 1 aromatic heterocycles. The van der Waals surface area contributed by atoms with Gasteiger partial charge in [-0.25, -0.2) is 0 Å². The zero-order valence-corrected chi connectivity index (χ0v) is 21.9. The summed E-state index contributed by atoms with van der Waals surface area (Å²) >= 11 is 0. The molecule has 0 bridgehead atoms. The second-order valence-corrected chi connectivity index (χ2v) is 8.94. The normalized spacial score (nSPS) is 13.4. The van der Waals surface area contributed by atoms with Crippen molar-refractivity contribution in [1.82, 2.24) is 20.0 Å². The second kappa shape index (κ2) is 12.7. The Bertz CT molecular complexity index is 1260. The van der Waals surface area contributed by atoms with Gasteiger partial charge >= 0.3 is 0 Å². The summed E-state index contributed by atoms with van der Waals surface area (Å²) in [5.41, 5.74) is 2.17. The van der Waals surface area contributed by atoms with E-state index in [1.54, 1.807) is 44.6 Å². The van der Waals surface area contributed by atoms with Crippen molar-refractivity contribution >= 4 is 17.6 Å². The van der Waals surface area contributed by atoms with Crippen molar-refractivity contribution < 1.29 is 19.1 Å². The monoisotopic (exact) mass is 515 g/mol. The van der Waals surface area contributed by atoms with Gasteiger partial charge in [-0.2, -0.15) is 0 Å². The number of amides is 2. The maximum absolute atomic E-state index is 13.2. The Morgan fingerprint density at radius 1 is 0.947 bits per heavy atom. The molecule has 0 aliphatic carbocycles. The van der Waals surface area contributed by atoms with Gasteiger partial charge in [0.1, 0.15) is 18.0 Å². The molecule has 198 valence electrons. The number of rotatable bonds is 9. The third kappa shape index (κ3) is 6.47. The van der Waals surface area contributed by atoms with E-state index in [9.17, 15) is 9.59 Å². The van der Waals surface area contributed by atoms with E-state index < -0.39 is 0 Å². The zero-order valence-electron chi connectivity index (χ0n) is 21.9.